The van der Waals surface area contributed by atoms with E-state index in [0.29, 0.717) is 6.61 Å². The van der Waals surface area contributed by atoms with E-state index < -0.39 is 22.2 Å². The molecular weight excluding hydrogens is 354 g/mol. The molecule has 0 unspecified atom stereocenters. The number of benzene rings is 1. The second-order valence-electron chi connectivity index (χ2n) is 7.03. The number of carbonyl (C=O) groups excluding carboxylic acids is 1. The van der Waals surface area contributed by atoms with Crippen molar-refractivity contribution in [1.82, 2.24) is 4.31 Å². The summed E-state index contributed by atoms with van der Waals surface area (Å²) in [5.41, 5.74) is 0.984. The summed E-state index contributed by atoms with van der Waals surface area (Å²) in [5.74, 6) is -0.367. The van der Waals surface area contributed by atoms with Gasteiger partial charge in [0, 0.05) is 0 Å². The lowest BCUT2D eigenvalue weighted by Crippen LogP contribution is -2.45. The average molecular weight is 384 g/mol. The van der Waals surface area contributed by atoms with E-state index >= 15 is 0 Å². The smallest absolute Gasteiger partial charge is 0.309 e. The number of ether oxygens (including phenoxy) is 2. The van der Waals surface area contributed by atoms with Crippen molar-refractivity contribution in [2.24, 2.45) is 5.92 Å². The molecule has 1 aromatic carbocycles. The van der Waals surface area contributed by atoms with E-state index in [-0.39, 0.29) is 29.9 Å². The summed E-state index contributed by atoms with van der Waals surface area (Å²) in [7, 11) is -3.77. The van der Waals surface area contributed by atoms with Crippen LogP contribution in [0.25, 0.3) is 0 Å². The highest BCUT2D eigenvalue weighted by atomic mass is 32.2. The molecule has 1 aromatic rings. The summed E-state index contributed by atoms with van der Waals surface area (Å²) >= 11 is 0. The lowest BCUT2D eigenvalue weighted by atomic mass is 10.1. The molecular formula is C19H29NO5S. The lowest BCUT2D eigenvalue weighted by Gasteiger charge is -2.29. The van der Waals surface area contributed by atoms with Crippen molar-refractivity contribution in [2.45, 2.75) is 64.1 Å². The zero-order chi connectivity index (χ0) is 19.3. The van der Waals surface area contributed by atoms with Crippen LogP contribution in [-0.4, -0.2) is 44.2 Å². The molecule has 0 saturated carbocycles. The van der Waals surface area contributed by atoms with Gasteiger partial charge in [-0.3, -0.25) is 4.79 Å². The lowest BCUT2D eigenvalue weighted by molar-refractivity contribution is -0.147. The molecule has 1 aliphatic heterocycles. The molecule has 7 heteroatoms. The van der Waals surface area contributed by atoms with Gasteiger partial charge in [-0.25, -0.2) is 8.42 Å². The molecule has 0 bridgehead atoms. The third-order valence-corrected chi connectivity index (χ3v) is 6.47. The Morgan fingerprint density at radius 2 is 1.96 bits per heavy atom. The summed E-state index contributed by atoms with van der Waals surface area (Å²) in [6.45, 7) is 8.44. The second-order valence-corrected chi connectivity index (χ2v) is 8.87. The van der Waals surface area contributed by atoms with Crippen LogP contribution in [0.15, 0.2) is 29.2 Å². The molecule has 6 nitrogen and oxygen atoms in total. The maximum Gasteiger partial charge on any atom is 0.309 e. The van der Waals surface area contributed by atoms with Crippen molar-refractivity contribution in [2.75, 3.05) is 13.2 Å². The van der Waals surface area contributed by atoms with E-state index in [9.17, 15) is 13.2 Å². The summed E-state index contributed by atoms with van der Waals surface area (Å²) in [6, 6.07) is 6.41. The van der Waals surface area contributed by atoms with Crippen LogP contribution in [-0.2, 0) is 24.3 Å². The van der Waals surface area contributed by atoms with Gasteiger partial charge in [-0.05, 0) is 31.4 Å². The van der Waals surface area contributed by atoms with Gasteiger partial charge in [0.25, 0.3) is 0 Å². The average Bonchev–Trinajstić information content (AvgIpc) is 3.00. The third-order valence-electron chi connectivity index (χ3n) is 4.54. The van der Waals surface area contributed by atoms with Gasteiger partial charge in [-0.1, -0.05) is 44.9 Å². The Labute approximate surface area is 156 Å². The highest BCUT2D eigenvalue weighted by molar-refractivity contribution is 7.89. The van der Waals surface area contributed by atoms with E-state index in [1.165, 1.54) is 4.31 Å². The van der Waals surface area contributed by atoms with Gasteiger partial charge in [0.15, 0.2) is 0 Å². The molecule has 1 heterocycles. The van der Waals surface area contributed by atoms with E-state index in [0.717, 1.165) is 18.4 Å². The predicted molar refractivity (Wildman–Crippen MR) is 99.1 cm³/mol. The first-order chi connectivity index (χ1) is 12.3. The van der Waals surface area contributed by atoms with Crippen molar-refractivity contribution in [3.05, 3.63) is 29.8 Å². The van der Waals surface area contributed by atoms with E-state index in [2.05, 4.69) is 0 Å². The number of carbonyl (C=O) groups is 1. The van der Waals surface area contributed by atoms with Gasteiger partial charge in [-0.15, -0.1) is 0 Å². The number of esters is 1. The van der Waals surface area contributed by atoms with Crippen molar-refractivity contribution < 1.29 is 22.7 Å². The number of rotatable bonds is 8. The molecule has 0 spiro atoms. The van der Waals surface area contributed by atoms with Gasteiger partial charge in [0.1, 0.15) is 6.23 Å². The van der Waals surface area contributed by atoms with E-state index in [1.807, 2.05) is 27.7 Å². The van der Waals surface area contributed by atoms with Crippen LogP contribution in [0.5, 0.6) is 0 Å². The minimum absolute atomic E-state index is 0.0661. The molecule has 0 amide bonds. The number of sulfonamides is 1. The predicted octanol–water partition coefficient (Wildman–Crippen LogP) is 3.10. The van der Waals surface area contributed by atoms with Gasteiger partial charge in [0.2, 0.25) is 10.0 Å². The Kier molecular flexibility index (Phi) is 7.20. The molecule has 1 aliphatic rings. The Morgan fingerprint density at radius 1 is 1.31 bits per heavy atom. The van der Waals surface area contributed by atoms with Crippen molar-refractivity contribution in [1.29, 1.82) is 0 Å². The van der Waals surface area contributed by atoms with Crippen molar-refractivity contribution >= 4 is 16.0 Å². The summed E-state index contributed by atoms with van der Waals surface area (Å²) in [6.07, 6.45) is 0.786. The Hall–Kier alpha value is -1.44. The van der Waals surface area contributed by atoms with Crippen LogP contribution in [0, 0.1) is 12.8 Å². The summed E-state index contributed by atoms with van der Waals surface area (Å²) < 4.78 is 38.6. The van der Waals surface area contributed by atoms with Crippen LogP contribution >= 0.6 is 0 Å². The molecule has 1 saturated heterocycles. The maximum atomic E-state index is 13.2. The van der Waals surface area contributed by atoms with E-state index in [4.69, 9.17) is 9.47 Å². The summed E-state index contributed by atoms with van der Waals surface area (Å²) in [4.78, 5) is 12.3. The van der Waals surface area contributed by atoms with Crippen LogP contribution < -0.4 is 0 Å². The van der Waals surface area contributed by atoms with Gasteiger partial charge < -0.3 is 9.47 Å². The number of unbranched alkanes of at least 4 members (excludes halogenated alkanes) is 1. The zero-order valence-corrected chi connectivity index (χ0v) is 16.8. The number of nitrogens with zero attached hydrogens (tertiary/aromatic N) is 1. The number of aryl methyl sites for hydroxylation is 1. The Morgan fingerprint density at radius 3 is 2.54 bits per heavy atom. The third kappa shape index (κ3) is 4.84. The normalized spacial score (nSPS) is 21.3. The maximum absolute atomic E-state index is 13.2. The minimum Gasteiger partial charge on any atom is -0.466 e. The fraction of sp³-hybridized carbons (Fsp3) is 0.632. The SMILES string of the molecule is CCCCOC(=O)C[C@H]1OC[C@@H](C(C)C)N1S(=O)(=O)c1ccc(C)cc1. The monoisotopic (exact) mass is 383 g/mol. The quantitative estimate of drug-likeness (QED) is 0.509. The largest absolute Gasteiger partial charge is 0.466 e. The number of hydrogen-bond donors (Lipinski definition) is 0. The van der Waals surface area contributed by atoms with Crippen LogP contribution in [0.1, 0.15) is 45.6 Å². The molecule has 0 radical (unpaired) electrons. The molecule has 26 heavy (non-hydrogen) atoms. The Bertz CT molecular complexity index is 699. The summed E-state index contributed by atoms with van der Waals surface area (Å²) in [5, 5.41) is 0. The van der Waals surface area contributed by atoms with Gasteiger partial charge in [0.05, 0.1) is 30.6 Å². The van der Waals surface area contributed by atoms with Gasteiger partial charge in [-0.2, -0.15) is 4.31 Å². The number of hydrogen-bond acceptors (Lipinski definition) is 5. The first-order valence-corrected chi connectivity index (χ1v) is 10.6. The van der Waals surface area contributed by atoms with Crippen LogP contribution in [0.4, 0.5) is 0 Å². The molecule has 1 fully saturated rings. The molecule has 0 aromatic heterocycles. The molecule has 146 valence electrons. The second kappa shape index (κ2) is 8.97. The molecule has 0 aliphatic carbocycles. The zero-order valence-electron chi connectivity index (χ0n) is 16.0. The first-order valence-electron chi connectivity index (χ1n) is 9.14. The molecule has 2 rings (SSSR count). The first kappa shape index (κ1) is 20.9. The molecule has 0 N–H and O–H groups in total. The van der Waals surface area contributed by atoms with Crippen LogP contribution in [0.2, 0.25) is 0 Å². The highest BCUT2D eigenvalue weighted by Crippen LogP contribution is 2.32. The molecule has 2 atom stereocenters. The van der Waals surface area contributed by atoms with Gasteiger partial charge >= 0.3 is 5.97 Å². The topological polar surface area (TPSA) is 72.9 Å². The van der Waals surface area contributed by atoms with Crippen molar-refractivity contribution in [3.8, 4) is 0 Å². The van der Waals surface area contributed by atoms with Crippen molar-refractivity contribution in [3.63, 3.8) is 0 Å². The highest BCUT2D eigenvalue weighted by Gasteiger charge is 2.45. The minimum atomic E-state index is -3.77. The van der Waals surface area contributed by atoms with Crippen LogP contribution in [0.3, 0.4) is 0 Å². The fourth-order valence-electron chi connectivity index (χ4n) is 2.90. The standard InChI is InChI=1S/C19H29NO5S/c1-5-6-11-24-19(21)12-18-20(17(13-25-18)14(2)3)26(22,23)16-9-7-15(4)8-10-16/h7-10,14,17-18H,5-6,11-13H2,1-4H3/t17-,18+/m0/s1. The Balaban J connectivity index is 2.23. The fourth-order valence-corrected chi connectivity index (χ4v) is 4.73. The van der Waals surface area contributed by atoms with E-state index in [1.54, 1.807) is 24.3 Å².